The average molecular weight is 728 g/mol. The minimum atomic E-state index is -1.24. The number of morpholine rings is 1. The Labute approximate surface area is 319 Å². The second kappa shape index (κ2) is 17.3. The molecule has 1 unspecified atom stereocenters. The highest BCUT2D eigenvalue weighted by Gasteiger charge is 2.56. The fourth-order valence-electron chi connectivity index (χ4n) is 7.48. The van der Waals surface area contributed by atoms with Gasteiger partial charge in [-0.05, 0) is 72.9 Å². The first kappa shape index (κ1) is 40.7. The van der Waals surface area contributed by atoms with Gasteiger partial charge in [0.25, 0.3) is 0 Å². The van der Waals surface area contributed by atoms with Gasteiger partial charge in [0.15, 0.2) is 0 Å². The third-order valence-corrected chi connectivity index (χ3v) is 10.8. The van der Waals surface area contributed by atoms with Crippen LogP contribution in [0.4, 0.5) is 5.69 Å². The van der Waals surface area contributed by atoms with Crippen LogP contribution >= 0.6 is 0 Å². The number of carbonyl (C=O) groups excluding carboxylic acids is 1. The molecule has 9 heteroatoms. The largest absolute Gasteiger partial charge is 0.492 e. The van der Waals surface area contributed by atoms with Crippen molar-refractivity contribution in [3.63, 3.8) is 0 Å². The lowest BCUT2D eigenvalue weighted by molar-refractivity contribution is -0.120. The van der Waals surface area contributed by atoms with Gasteiger partial charge in [0.1, 0.15) is 30.1 Å². The van der Waals surface area contributed by atoms with Gasteiger partial charge in [-0.25, -0.2) is 0 Å². The number of rotatable bonds is 16. The summed E-state index contributed by atoms with van der Waals surface area (Å²) in [5, 5.41) is 0. The molecule has 1 fully saturated rings. The van der Waals surface area contributed by atoms with Gasteiger partial charge in [0.2, 0.25) is 5.91 Å². The van der Waals surface area contributed by atoms with Crippen molar-refractivity contribution in [3.8, 4) is 11.5 Å². The molecule has 2 aliphatic heterocycles. The zero-order chi connectivity index (χ0) is 38.4. The van der Waals surface area contributed by atoms with Crippen molar-refractivity contribution in [2.75, 3.05) is 104 Å². The Bertz CT molecular complexity index is 1600. The van der Waals surface area contributed by atoms with Crippen LogP contribution in [0.25, 0.3) is 0 Å². The average Bonchev–Trinajstić information content (AvgIpc) is 3.37. The summed E-state index contributed by atoms with van der Waals surface area (Å²) in [6.45, 7) is 24.8. The summed E-state index contributed by atoms with van der Waals surface area (Å²) >= 11 is 0. The Kier molecular flexibility index (Phi) is 13.3. The maximum Gasteiger partial charge on any atom is 0.247 e. The minimum absolute atomic E-state index is 0.0128. The number of nitrogens with two attached hydrogens (primary N) is 1. The normalized spacial score (nSPS) is 18.3. The van der Waals surface area contributed by atoms with E-state index in [1.54, 1.807) is 0 Å². The monoisotopic (exact) mass is 728 g/mol. The zero-order valence-electron chi connectivity index (χ0n) is 34.0. The van der Waals surface area contributed by atoms with Gasteiger partial charge in [-0.15, -0.1) is 0 Å². The molecule has 290 valence electrons. The summed E-state index contributed by atoms with van der Waals surface area (Å²) in [7, 11) is 4.10. The van der Waals surface area contributed by atoms with Crippen molar-refractivity contribution in [1.29, 1.82) is 0 Å². The van der Waals surface area contributed by atoms with Gasteiger partial charge in [-0.3, -0.25) is 14.6 Å². The molecule has 2 aliphatic rings. The van der Waals surface area contributed by atoms with E-state index in [1.807, 2.05) is 11.0 Å². The topological polar surface area (TPSA) is 83.7 Å². The number of nitrogens with zero attached hydrogens (tertiary/aromatic N) is 4. The molecule has 3 aromatic carbocycles. The van der Waals surface area contributed by atoms with E-state index in [4.69, 9.17) is 19.9 Å². The fraction of sp³-hybridized carbons (Fsp3) is 0.568. The summed E-state index contributed by atoms with van der Waals surface area (Å²) in [5.74, 6) is 1.44. The Morgan fingerprint density at radius 3 is 1.91 bits per heavy atom. The highest BCUT2D eigenvalue weighted by molar-refractivity contribution is 6.13. The van der Waals surface area contributed by atoms with E-state index in [-0.39, 0.29) is 16.7 Å². The van der Waals surface area contributed by atoms with Crippen LogP contribution in [0.1, 0.15) is 76.3 Å². The van der Waals surface area contributed by atoms with E-state index >= 15 is 4.79 Å². The number of carbonyl (C=O) groups is 1. The minimum Gasteiger partial charge on any atom is -0.492 e. The molecule has 0 radical (unpaired) electrons. The number of hydrogen-bond acceptors (Lipinski definition) is 8. The van der Waals surface area contributed by atoms with Crippen LogP contribution in [0.2, 0.25) is 0 Å². The van der Waals surface area contributed by atoms with Crippen molar-refractivity contribution >= 4 is 11.6 Å². The van der Waals surface area contributed by atoms with Crippen LogP contribution in [0, 0.1) is 0 Å². The Morgan fingerprint density at radius 1 is 0.774 bits per heavy atom. The molecule has 2 heterocycles. The predicted octanol–water partition coefficient (Wildman–Crippen LogP) is 5.89. The molecule has 2 N–H and O–H groups in total. The quantitative estimate of drug-likeness (QED) is 0.196. The summed E-state index contributed by atoms with van der Waals surface area (Å²) in [5.41, 5.74) is 10.2. The maximum absolute atomic E-state index is 15.9. The van der Waals surface area contributed by atoms with Crippen LogP contribution in [0.5, 0.6) is 11.5 Å². The second-order valence-electron chi connectivity index (χ2n) is 16.8. The maximum atomic E-state index is 15.9. The molecule has 0 bridgehead atoms. The van der Waals surface area contributed by atoms with Crippen LogP contribution < -0.4 is 20.1 Å². The number of anilines is 1. The van der Waals surface area contributed by atoms with Gasteiger partial charge >= 0.3 is 0 Å². The van der Waals surface area contributed by atoms with Crippen molar-refractivity contribution in [1.82, 2.24) is 14.7 Å². The molecule has 0 spiro atoms. The zero-order valence-corrected chi connectivity index (χ0v) is 34.0. The molecule has 1 saturated heterocycles. The highest BCUT2D eigenvalue weighted by Crippen LogP contribution is 2.55. The molecule has 9 nitrogen and oxygen atoms in total. The van der Waals surface area contributed by atoms with E-state index in [9.17, 15) is 0 Å². The first-order chi connectivity index (χ1) is 25.2. The summed E-state index contributed by atoms with van der Waals surface area (Å²) in [6, 6.07) is 21.3. The molecule has 1 amide bonds. The molecular weight excluding hydrogens is 663 g/mol. The number of fused-ring (bicyclic) bond motifs is 1. The lowest BCUT2D eigenvalue weighted by Gasteiger charge is -2.36. The standard InChI is InChI=1S/C44H65N5O4/c1-10-47(20-19-45)25-29-52-39-17-15-33(42(2,3)4)31-36(39)44(35-13-11-12-14-38(35)49(41(44)50)22-21-46(8)9)37-32-34(43(5,6)7)16-18-40(37)53-30-26-48-23-27-51-28-24-48/h11-18,31-32H,10,19-30,45H2,1-9H3. The smallest absolute Gasteiger partial charge is 0.247 e. The number of amides is 1. The first-order valence-electron chi connectivity index (χ1n) is 19.6. The summed E-state index contributed by atoms with van der Waals surface area (Å²) in [4.78, 5) is 24.7. The van der Waals surface area contributed by atoms with E-state index in [1.165, 1.54) is 0 Å². The first-order valence-corrected chi connectivity index (χ1v) is 19.6. The van der Waals surface area contributed by atoms with Gasteiger partial charge in [0.05, 0.1) is 13.2 Å². The fourth-order valence-corrected chi connectivity index (χ4v) is 7.48. The molecule has 1 atom stereocenters. The van der Waals surface area contributed by atoms with Gasteiger partial charge in [-0.2, -0.15) is 0 Å². The van der Waals surface area contributed by atoms with Gasteiger partial charge < -0.3 is 29.7 Å². The van der Waals surface area contributed by atoms with E-state index in [2.05, 4.69) is 132 Å². The molecule has 5 rings (SSSR count). The number of ether oxygens (including phenoxy) is 3. The molecule has 0 saturated carbocycles. The lowest BCUT2D eigenvalue weighted by Crippen LogP contribution is -2.45. The van der Waals surface area contributed by atoms with Crippen LogP contribution in [0.3, 0.4) is 0 Å². The van der Waals surface area contributed by atoms with Crippen molar-refractivity contribution < 1.29 is 19.0 Å². The van der Waals surface area contributed by atoms with E-state index < -0.39 is 5.41 Å². The van der Waals surface area contributed by atoms with Crippen LogP contribution in [0.15, 0.2) is 60.7 Å². The van der Waals surface area contributed by atoms with Crippen LogP contribution in [-0.4, -0.2) is 120 Å². The third-order valence-electron chi connectivity index (χ3n) is 10.8. The highest BCUT2D eigenvalue weighted by atomic mass is 16.5. The lowest BCUT2D eigenvalue weighted by atomic mass is 9.67. The molecular formula is C44H65N5O4. The number of benzene rings is 3. The molecule has 0 aromatic heterocycles. The van der Waals surface area contributed by atoms with Crippen molar-refractivity contribution in [2.45, 2.75) is 64.7 Å². The SMILES string of the molecule is CCN(CCN)CCOc1ccc(C(C)(C)C)cc1C1(c2cc(C(C)(C)C)ccc2OCCN2CCOCC2)C(=O)N(CCN(C)C)c2ccccc21. The summed E-state index contributed by atoms with van der Waals surface area (Å²) in [6.07, 6.45) is 0. The Hall–Kier alpha value is -3.47. The van der Waals surface area contributed by atoms with Crippen molar-refractivity contribution in [3.05, 3.63) is 88.5 Å². The summed E-state index contributed by atoms with van der Waals surface area (Å²) < 4.78 is 19.3. The second-order valence-corrected chi connectivity index (χ2v) is 16.8. The molecule has 0 aliphatic carbocycles. The molecule has 53 heavy (non-hydrogen) atoms. The van der Waals surface area contributed by atoms with Gasteiger partial charge in [-0.1, -0.05) is 78.8 Å². The number of likely N-dealkylation sites (N-methyl/N-ethyl adjacent to an activating group) is 2. The third kappa shape index (κ3) is 9.09. The number of para-hydroxylation sites is 1. The van der Waals surface area contributed by atoms with E-state index in [0.29, 0.717) is 32.1 Å². The van der Waals surface area contributed by atoms with Crippen molar-refractivity contribution in [2.24, 2.45) is 5.73 Å². The van der Waals surface area contributed by atoms with Crippen LogP contribution in [-0.2, 0) is 25.8 Å². The Morgan fingerprint density at radius 2 is 1.36 bits per heavy atom. The van der Waals surface area contributed by atoms with Gasteiger partial charge in [0, 0.05) is 74.7 Å². The Balaban J connectivity index is 1.78. The molecule has 3 aromatic rings. The number of hydrogen-bond donors (Lipinski definition) is 1. The van der Waals surface area contributed by atoms with E-state index in [0.717, 1.165) is 98.3 Å². The predicted molar refractivity (Wildman–Crippen MR) is 217 cm³/mol.